The molecule has 1 aliphatic heterocycles. The van der Waals surface area contributed by atoms with Gasteiger partial charge in [0.05, 0.1) is 23.4 Å². The maximum atomic E-state index is 11.5. The van der Waals surface area contributed by atoms with Crippen LogP contribution in [0.4, 0.5) is 5.69 Å². The first-order valence-electron chi connectivity index (χ1n) is 4.98. The van der Waals surface area contributed by atoms with E-state index in [1.54, 1.807) is 0 Å². The van der Waals surface area contributed by atoms with Crippen molar-refractivity contribution in [2.24, 2.45) is 0 Å². The van der Waals surface area contributed by atoms with E-state index in [0.717, 1.165) is 17.1 Å². The van der Waals surface area contributed by atoms with E-state index in [0.29, 0.717) is 0 Å². The molecule has 0 saturated carbocycles. The third kappa shape index (κ3) is 2.00. The molecule has 1 heterocycles. The molecule has 0 spiro atoms. The molecule has 5 nitrogen and oxygen atoms in total. The Morgan fingerprint density at radius 3 is 2.39 bits per heavy atom. The number of carbonyl (C=O) groups is 3. The molecule has 92 valence electrons. The van der Waals surface area contributed by atoms with E-state index in [2.05, 4.69) is 4.74 Å². The summed E-state index contributed by atoms with van der Waals surface area (Å²) in [7, 11) is 1.22. The van der Waals surface area contributed by atoms with Crippen LogP contribution in [-0.4, -0.2) is 24.9 Å². The number of ether oxygens (including phenoxy) is 1. The van der Waals surface area contributed by atoms with Gasteiger partial charge in [-0.2, -0.15) is 0 Å². The summed E-state index contributed by atoms with van der Waals surface area (Å²) in [5.74, 6) is -1.55. The number of amides is 2. The number of nitrogens with zero attached hydrogens (tertiary/aromatic N) is 1. The fourth-order valence-electron chi connectivity index (χ4n) is 1.57. The summed E-state index contributed by atoms with van der Waals surface area (Å²) in [5, 5.41) is 0.192. The van der Waals surface area contributed by atoms with E-state index in [1.165, 1.54) is 25.3 Å². The van der Waals surface area contributed by atoms with Gasteiger partial charge in [0.25, 0.3) is 11.8 Å². The molecule has 18 heavy (non-hydrogen) atoms. The first-order valence-corrected chi connectivity index (χ1v) is 5.36. The van der Waals surface area contributed by atoms with Gasteiger partial charge in [-0.05, 0) is 18.2 Å². The second-order valence-electron chi connectivity index (χ2n) is 3.50. The molecule has 0 saturated heterocycles. The van der Waals surface area contributed by atoms with Crippen molar-refractivity contribution in [2.75, 3.05) is 12.0 Å². The zero-order valence-electron chi connectivity index (χ0n) is 9.34. The van der Waals surface area contributed by atoms with Gasteiger partial charge < -0.3 is 4.74 Å². The van der Waals surface area contributed by atoms with Crippen molar-refractivity contribution >= 4 is 35.1 Å². The summed E-state index contributed by atoms with van der Waals surface area (Å²) >= 11 is 5.84. The maximum Gasteiger partial charge on any atom is 0.339 e. The molecule has 1 aliphatic rings. The van der Waals surface area contributed by atoms with Crippen LogP contribution in [0.1, 0.15) is 10.4 Å². The molecule has 0 atom stereocenters. The third-order valence-corrected chi connectivity index (χ3v) is 2.75. The van der Waals surface area contributed by atoms with Crippen LogP contribution in [0.15, 0.2) is 30.4 Å². The van der Waals surface area contributed by atoms with Crippen LogP contribution in [0.5, 0.6) is 0 Å². The summed E-state index contributed by atoms with van der Waals surface area (Å²) in [6, 6.07) is 4.26. The fraction of sp³-hybridized carbons (Fsp3) is 0.0833. The van der Waals surface area contributed by atoms with E-state index in [9.17, 15) is 14.4 Å². The van der Waals surface area contributed by atoms with Crippen LogP contribution in [0.25, 0.3) is 0 Å². The number of anilines is 1. The molecule has 0 N–H and O–H groups in total. The van der Waals surface area contributed by atoms with Crippen LogP contribution in [0, 0.1) is 0 Å². The van der Waals surface area contributed by atoms with E-state index in [-0.39, 0.29) is 16.3 Å². The van der Waals surface area contributed by atoms with Gasteiger partial charge in [0, 0.05) is 12.2 Å². The van der Waals surface area contributed by atoms with Gasteiger partial charge in [0.2, 0.25) is 0 Å². The highest BCUT2D eigenvalue weighted by Crippen LogP contribution is 2.25. The third-order valence-electron chi connectivity index (χ3n) is 2.42. The molecule has 0 aliphatic carbocycles. The molecule has 0 fully saturated rings. The van der Waals surface area contributed by atoms with Crippen molar-refractivity contribution in [3.63, 3.8) is 0 Å². The molecule has 6 heteroatoms. The molecule has 0 bridgehead atoms. The van der Waals surface area contributed by atoms with Crippen molar-refractivity contribution < 1.29 is 19.1 Å². The number of hydrogen-bond acceptors (Lipinski definition) is 4. The molecular weight excluding hydrogens is 258 g/mol. The predicted molar refractivity (Wildman–Crippen MR) is 64.4 cm³/mol. The molecule has 0 unspecified atom stereocenters. The summed E-state index contributed by atoms with van der Waals surface area (Å²) in [5.41, 5.74) is 0.379. The van der Waals surface area contributed by atoms with E-state index in [4.69, 9.17) is 11.6 Å². The van der Waals surface area contributed by atoms with Crippen molar-refractivity contribution in [1.29, 1.82) is 0 Å². The number of imide groups is 1. The molecular formula is C12H8ClNO4. The minimum absolute atomic E-state index is 0.101. The Bertz CT molecular complexity index is 561. The van der Waals surface area contributed by atoms with Crippen LogP contribution in [0.2, 0.25) is 5.02 Å². The Labute approximate surface area is 108 Å². The number of hydrogen-bond donors (Lipinski definition) is 0. The first kappa shape index (κ1) is 12.3. The maximum absolute atomic E-state index is 11.5. The lowest BCUT2D eigenvalue weighted by Gasteiger charge is -2.15. The highest BCUT2D eigenvalue weighted by Gasteiger charge is 2.26. The standard InChI is InChI=1S/C12H8ClNO4/c1-18-12(17)8-6-7(2-3-9(8)13)14-10(15)4-5-11(14)16/h2-6H,1H3. The normalized spacial score (nSPS) is 14.2. The molecule has 0 aromatic heterocycles. The average Bonchev–Trinajstić information content (AvgIpc) is 2.69. The number of halogens is 1. The summed E-state index contributed by atoms with van der Waals surface area (Å²) < 4.78 is 4.56. The summed E-state index contributed by atoms with van der Waals surface area (Å²) in [6.07, 6.45) is 2.32. The predicted octanol–water partition coefficient (Wildman–Crippen LogP) is 1.56. The Morgan fingerprint density at radius 1 is 1.22 bits per heavy atom. The lowest BCUT2D eigenvalue weighted by Crippen LogP contribution is -2.29. The Kier molecular flexibility index (Phi) is 3.16. The van der Waals surface area contributed by atoms with Gasteiger partial charge in [0.1, 0.15) is 0 Å². The summed E-state index contributed by atoms with van der Waals surface area (Å²) in [6.45, 7) is 0. The zero-order chi connectivity index (χ0) is 13.3. The van der Waals surface area contributed by atoms with E-state index < -0.39 is 17.8 Å². The minimum atomic E-state index is -0.631. The van der Waals surface area contributed by atoms with E-state index >= 15 is 0 Å². The quantitative estimate of drug-likeness (QED) is 0.601. The van der Waals surface area contributed by atoms with Gasteiger partial charge in [-0.3, -0.25) is 9.59 Å². The van der Waals surface area contributed by atoms with Crippen LogP contribution in [-0.2, 0) is 14.3 Å². The molecule has 0 radical (unpaired) electrons. The van der Waals surface area contributed by atoms with Crippen LogP contribution >= 0.6 is 11.6 Å². The lowest BCUT2D eigenvalue weighted by molar-refractivity contribution is -0.119. The van der Waals surface area contributed by atoms with Crippen molar-refractivity contribution in [3.05, 3.63) is 40.9 Å². The second-order valence-corrected chi connectivity index (χ2v) is 3.91. The van der Waals surface area contributed by atoms with Gasteiger partial charge in [0.15, 0.2) is 0 Å². The highest BCUT2D eigenvalue weighted by atomic mass is 35.5. The SMILES string of the molecule is COC(=O)c1cc(N2C(=O)C=CC2=O)ccc1Cl. The number of benzene rings is 1. The number of methoxy groups -OCH3 is 1. The fourth-order valence-corrected chi connectivity index (χ4v) is 1.77. The van der Waals surface area contributed by atoms with Crippen molar-refractivity contribution in [3.8, 4) is 0 Å². The molecule has 1 aromatic rings. The zero-order valence-corrected chi connectivity index (χ0v) is 10.1. The van der Waals surface area contributed by atoms with Crippen molar-refractivity contribution in [2.45, 2.75) is 0 Å². The van der Waals surface area contributed by atoms with E-state index in [1.807, 2.05) is 0 Å². The Hall–Kier alpha value is -2.14. The topological polar surface area (TPSA) is 63.7 Å². The second kappa shape index (κ2) is 4.62. The van der Waals surface area contributed by atoms with Crippen LogP contribution in [0.3, 0.4) is 0 Å². The van der Waals surface area contributed by atoms with Gasteiger partial charge in [-0.1, -0.05) is 11.6 Å². The van der Waals surface area contributed by atoms with Crippen molar-refractivity contribution in [1.82, 2.24) is 0 Å². The molecule has 2 amide bonds. The first-order chi connectivity index (χ1) is 8.54. The van der Waals surface area contributed by atoms with Crippen LogP contribution < -0.4 is 4.90 Å². The number of rotatable bonds is 2. The largest absolute Gasteiger partial charge is 0.465 e. The summed E-state index contributed by atoms with van der Waals surface area (Å²) in [4.78, 5) is 35.4. The molecule has 1 aromatic carbocycles. The van der Waals surface area contributed by atoms with Gasteiger partial charge in [-0.15, -0.1) is 0 Å². The van der Waals surface area contributed by atoms with Gasteiger partial charge in [-0.25, -0.2) is 9.69 Å². The molecule has 2 rings (SSSR count). The smallest absolute Gasteiger partial charge is 0.339 e. The number of esters is 1. The number of carbonyl (C=O) groups excluding carboxylic acids is 3. The average molecular weight is 266 g/mol. The van der Waals surface area contributed by atoms with Gasteiger partial charge >= 0.3 is 5.97 Å². The monoisotopic (exact) mass is 265 g/mol. The lowest BCUT2D eigenvalue weighted by atomic mass is 10.2. The minimum Gasteiger partial charge on any atom is -0.465 e. The Balaban J connectivity index is 2.45. The Morgan fingerprint density at radius 2 is 1.83 bits per heavy atom. The highest BCUT2D eigenvalue weighted by molar-refractivity contribution is 6.34.